The van der Waals surface area contributed by atoms with Gasteiger partial charge < -0.3 is 19.3 Å². The maximum absolute atomic E-state index is 12.9. The van der Waals surface area contributed by atoms with Crippen LogP contribution in [-0.2, 0) is 4.79 Å². The van der Waals surface area contributed by atoms with E-state index in [9.17, 15) is 4.79 Å². The minimum atomic E-state index is -0.500. The van der Waals surface area contributed by atoms with Crippen LogP contribution in [0.5, 0.6) is 11.5 Å². The molecule has 1 heterocycles. The predicted molar refractivity (Wildman–Crippen MR) is 117 cm³/mol. The zero-order valence-corrected chi connectivity index (χ0v) is 18.1. The molecule has 0 saturated carbocycles. The summed E-state index contributed by atoms with van der Waals surface area (Å²) < 4.78 is 11.4. The smallest absolute Gasteiger partial charge is 0.263 e. The van der Waals surface area contributed by atoms with Crippen molar-refractivity contribution in [1.29, 1.82) is 0 Å². The summed E-state index contributed by atoms with van der Waals surface area (Å²) in [6, 6.07) is 14.3. The fourth-order valence-corrected chi connectivity index (χ4v) is 3.59. The van der Waals surface area contributed by atoms with Crippen molar-refractivity contribution in [2.45, 2.75) is 39.7 Å². The number of amides is 1. The zero-order chi connectivity index (χ0) is 21.0. The molecule has 1 fully saturated rings. The molecule has 0 aromatic heterocycles. The van der Waals surface area contributed by atoms with E-state index in [-0.39, 0.29) is 5.91 Å². The van der Waals surface area contributed by atoms with Crippen LogP contribution in [0.1, 0.15) is 37.8 Å². The van der Waals surface area contributed by atoms with E-state index >= 15 is 0 Å². The van der Waals surface area contributed by atoms with Crippen LogP contribution < -0.4 is 14.4 Å². The summed E-state index contributed by atoms with van der Waals surface area (Å²) in [7, 11) is 1.68. The lowest BCUT2D eigenvalue weighted by molar-refractivity contribution is -0.138. The first-order chi connectivity index (χ1) is 13.9. The van der Waals surface area contributed by atoms with Crippen LogP contribution in [0.2, 0.25) is 0 Å². The van der Waals surface area contributed by atoms with Crippen molar-refractivity contribution in [2.75, 3.05) is 38.2 Å². The fourth-order valence-electron chi connectivity index (χ4n) is 3.59. The van der Waals surface area contributed by atoms with Gasteiger partial charge >= 0.3 is 0 Å². The molecule has 2 aromatic carbocycles. The van der Waals surface area contributed by atoms with Crippen molar-refractivity contribution in [3.63, 3.8) is 0 Å². The van der Waals surface area contributed by atoms with Gasteiger partial charge in [0.1, 0.15) is 11.5 Å². The van der Waals surface area contributed by atoms with Gasteiger partial charge in [-0.25, -0.2) is 0 Å². The molecule has 1 amide bonds. The highest BCUT2D eigenvalue weighted by atomic mass is 16.5. The topological polar surface area (TPSA) is 42.0 Å². The van der Waals surface area contributed by atoms with Gasteiger partial charge in [0.15, 0.2) is 6.10 Å². The minimum absolute atomic E-state index is 0.0460. The number of hydrogen-bond donors (Lipinski definition) is 0. The molecule has 5 nitrogen and oxygen atoms in total. The number of benzene rings is 2. The Morgan fingerprint density at radius 2 is 1.72 bits per heavy atom. The Hall–Kier alpha value is -2.69. The number of carbonyl (C=O) groups excluding carboxylic acids is 1. The van der Waals surface area contributed by atoms with E-state index in [0.717, 1.165) is 35.8 Å². The maximum Gasteiger partial charge on any atom is 0.263 e. The Morgan fingerprint density at radius 1 is 1.00 bits per heavy atom. The molecule has 0 spiro atoms. The van der Waals surface area contributed by atoms with Gasteiger partial charge in [-0.05, 0) is 49.1 Å². The number of hydrogen-bond acceptors (Lipinski definition) is 4. The highest BCUT2D eigenvalue weighted by molar-refractivity contribution is 5.81. The Balaban J connectivity index is 1.59. The van der Waals surface area contributed by atoms with Gasteiger partial charge in [-0.1, -0.05) is 32.0 Å². The first kappa shape index (κ1) is 21.0. The molecule has 1 aliphatic heterocycles. The van der Waals surface area contributed by atoms with Crippen molar-refractivity contribution in [3.05, 3.63) is 53.6 Å². The summed E-state index contributed by atoms with van der Waals surface area (Å²) in [6.45, 7) is 11.2. The Bertz CT molecular complexity index is 842. The van der Waals surface area contributed by atoms with Crippen molar-refractivity contribution in [2.24, 2.45) is 0 Å². The molecule has 0 aliphatic carbocycles. The average molecular weight is 397 g/mol. The highest BCUT2D eigenvalue weighted by Gasteiger charge is 2.26. The summed E-state index contributed by atoms with van der Waals surface area (Å²) in [6.07, 6.45) is -0.500. The molecule has 0 radical (unpaired) electrons. The minimum Gasteiger partial charge on any atom is -0.497 e. The predicted octanol–water partition coefficient (Wildman–Crippen LogP) is 4.24. The molecule has 29 heavy (non-hydrogen) atoms. The second-order valence-electron chi connectivity index (χ2n) is 7.95. The van der Waals surface area contributed by atoms with Gasteiger partial charge in [-0.3, -0.25) is 4.79 Å². The van der Waals surface area contributed by atoms with Crippen LogP contribution in [0.4, 0.5) is 5.69 Å². The summed E-state index contributed by atoms with van der Waals surface area (Å²) in [5, 5.41) is 0. The number of aryl methyl sites for hydroxylation is 1. The number of rotatable bonds is 6. The van der Waals surface area contributed by atoms with Crippen LogP contribution in [0.25, 0.3) is 0 Å². The molecule has 0 bridgehead atoms. The quantitative estimate of drug-likeness (QED) is 0.732. The summed E-state index contributed by atoms with van der Waals surface area (Å²) in [5.41, 5.74) is 3.40. The van der Waals surface area contributed by atoms with Crippen molar-refractivity contribution >= 4 is 11.6 Å². The Kier molecular flexibility index (Phi) is 6.68. The second kappa shape index (κ2) is 9.21. The molecular formula is C24H32N2O3. The lowest BCUT2D eigenvalue weighted by Gasteiger charge is -2.37. The standard InChI is InChI=1S/C24H32N2O3/c1-17(2)20-10-9-18(3)23(15-20)29-19(4)24(27)26-13-11-25(12-14-26)21-7-6-8-22(16-21)28-5/h6-10,15-17,19H,11-14H2,1-5H3. The van der Waals surface area contributed by atoms with Gasteiger partial charge in [0.2, 0.25) is 0 Å². The molecule has 1 aliphatic rings. The first-order valence-corrected chi connectivity index (χ1v) is 10.3. The number of methoxy groups -OCH3 is 1. The van der Waals surface area contributed by atoms with E-state index in [2.05, 4.69) is 43.0 Å². The van der Waals surface area contributed by atoms with Gasteiger partial charge in [-0.15, -0.1) is 0 Å². The fraction of sp³-hybridized carbons (Fsp3) is 0.458. The highest BCUT2D eigenvalue weighted by Crippen LogP contribution is 2.26. The van der Waals surface area contributed by atoms with Crippen LogP contribution in [0.15, 0.2) is 42.5 Å². The largest absolute Gasteiger partial charge is 0.497 e. The first-order valence-electron chi connectivity index (χ1n) is 10.3. The van der Waals surface area contributed by atoms with E-state index in [1.54, 1.807) is 7.11 Å². The van der Waals surface area contributed by atoms with E-state index < -0.39 is 6.10 Å². The molecular weight excluding hydrogens is 364 g/mol. The van der Waals surface area contributed by atoms with Crippen LogP contribution >= 0.6 is 0 Å². The zero-order valence-electron chi connectivity index (χ0n) is 18.1. The van der Waals surface area contributed by atoms with Crippen LogP contribution in [0.3, 0.4) is 0 Å². The molecule has 2 aromatic rings. The third kappa shape index (κ3) is 5.03. The van der Waals surface area contributed by atoms with Crippen molar-refractivity contribution < 1.29 is 14.3 Å². The number of anilines is 1. The van der Waals surface area contributed by atoms with E-state index in [4.69, 9.17) is 9.47 Å². The molecule has 156 valence electrons. The summed E-state index contributed by atoms with van der Waals surface area (Å²) >= 11 is 0. The van der Waals surface area contributed by atoms with Gasteiger partial charge in [0.25, 0.3) is 5.91 Å². The van der Waals surface area contributed by atoms with Crippen molar-refractivity contribution in [1.82, 2.24) is 4.90 Å². The van der Waals surface area contributed by atoms with E-state index in [1.165, 1.54) is 5.56 Å². The van der Waals surface area contributed by atoms with E-state index in [0.29, 0.717) is 19.0 Å². The third-order valence-corrected chi connectivity index (χ3v) is 5.54. The number of ether oxygens (including phenoxy) is 2. The van der Waals surface area contributed by atoms with Crippen LogP contribution in [0, 0.1) is 6.92 Å². The monoisotopic (exact) mass is 396 g/mol. The molecule has 3 rings (SSSR count). The molecule has 1 atom stereocenters. The van der Waals surface area contributed by atoms with Gasteiger partial charge in [0, 0.05) is 37.9 Å². The van der Waals surface area contributed by atoms with E-state index in [1.807, 2.05) is 36.9 Å². The lowest BCUT2D eigenvalue weighted by Crippen LogP contribution is -2.52. The molecule has 0 N–H and O–H groups in total. The second-order valence-corrected chi connectivity index (χ2v) is 7.95. The molecule has 1 saturated heterocycles. The number of piperazine rings is 1. The number of nitrogens with zero attached hydrogens (tertiary/aromatic N) is 2. The van der Waals surface area contributed by atoms with Crippen LogP contribution in [-0.4, -0.2) is 50.2 Å². The van der Waals surface area contributed by atoms with Gasteiger partial charge in [0.05, 0.1) is 7.11 Å². The molecule has 5 heteroatoms. The Morgan fingerprint density at radius 3 is 2.38 bits per heavy atom. The summed E-state index contributed by atoms with van der Waals surface area (Å²) in [4.78, 5) is 17.1. The molecule has 1 unspecified atom stereocenters. The maximum atomic E-state index is 12.9. The SMILES string of the molecule is COc1cccc(N2CCN(C(=O)C(C)Oc3cc(C(C)C)ccc3C)CC2)c1. The number of carbonyl (C=O) groups is 1. The third-order valence-electron chi connectivity index (χ3n) is 5.54. The lowest BCUT2D eigenvalue weighted by atomic mass is 10.0. The summed E-state index contributed by atoms with van der Waals surface area (Å²) in [5.74, 6) is 2.12. The van der Waals surface area contributed by atoms with Gasteiger partial charge in [-0.2, -0.15) is 0 Å². The Labute approximate surface area is 174 Å². The van der Waals surface area contributed by atoms with Crippen molar-refractivity contribution in [3.8, 4) is 11.5 Å². The normalized spacial score (nSPS) is 15.4. The average Bonchev–Trinajstić information content (AvgIpc) is 2.74.